The zero-order chi connectivity index (χ0) is 16.2. The Morgan fingerprint density at radius 2 is 1.86 bits per heavy atom. The van der Waals surface area contributed by atoms with Crippen molar-refractivity contribution in [3.63, 3.8) is 0 Å². The Labute approximate surface area is 128 Å². The Kier molecular flexibility index (Phi) is 4.85. The number of nitrogens with one attached hydrogen (secondary N) is 1. The van der Waals surface area contributed by atoms with Gasteiger partial charge in [-0.1, -0.05) is 30.3 Å². The van der Waals surface area contributed by atoms with E-state index in [1.165, 1.54) is 5.56 Å². The van der Waals surface area contributed by atoms with Crippen molar-refractivity contribution in [2.24, 2.45) is 0 Å². The van der Waals surface area contributed by atoms with E-state index < -0.39 is 11.7 Å². The quantitative estimate of drug-likeness (QED) is 0.858. The number of nitrogens with zero attached hydrogens (tertiary/aromatic N) is 3. The van der Waals surface area contributed by atoms with E-state index in [-0.39, 0.29) is 17.9 Å². The van der Waals surface area contributed by atoms with E-state index in [0.29, 0.717) is 0 Å². The average Bonchev–Trinajstić information content (AvgIpc) is 2.45. The fourth-order valence-electron chi connectivity index (χ4n) is 1.97. The zero-order valence-corrected chi connectivity index (χ0v) is 12.6. The highest BCUT2D eigenvalue weighted by Crippen LogP contribution is 2.24. The lowest BCUT2D eigenvalue weighted by Gasteiger charge is -2.15. The minimum absolute atomic E-state index is 0.0142. The summed E-state index contributed by atoms with van der Waals surface area (Å²) < 4.78 is 26.6. The van der Waals surface area contributed by atoms with E-state index in [9.17, 15) is 8.78 Å². The number of rotatable bonds is 6. The summed E-state index contributed by atoms with van der Waals surface area (Å²) in [5.74, 6) is -3.92. The molecule has 0 fully saturated rings. The van der Waals surface area contributed by atoms with Crippen molar-refractivity contribution in [2.75, 3.05) is 11.1 Å². The second-order valence-corrected chi connectivity index (χ2v) is 5.30. The predicted octanol–water partition coefficient (Wildman–Crippen LogP) is 3.00. The molecule has 2 rings (SSSR count). The van der Waals surface area contributed by atoms with Crippen LogP contribution in [0.15, 0.2) is 30.3 Å². The zero-order valence-electron chi connectivity index (χ0n) is 12.6. The normalized spacial score (nSPS) is 12.9. The molecule has 5 nitrogen and oxygen atoms in total. The minimum Gasteiger partial charge on any atom is -0.368 e. The first-order valence-electron chi connectivity index (χ1n) is 7.05. The lowest BCUT2D eigenvalue weighted by atomic mass is 10.1. The van der Waals surface area contributed by atoms with Crippen LogP contribution in [0, 0.1) is 0 Å². The Morgan fingerprint density at radius 3 is 2.50 bits per heavy atom. The summed E-state index contributed by atoms with van der Waals surface area (Å²) >= 11 is 0. The van der Waals surface area contributed by atoms with Crippen LogP contribution in [0.3, 0.4) is 0 Å². The van der Waals surface area contributed by atoms with Crippen molar-refractivity contribution in [3.8, 4) is 0 Å². The Morgan fingerprint density at radius 1 is 1.18 bits per heavy atom. The van der Waals surface area contributed by atoms with Gasteiger partial charge in [-0.25, -0.2) is 0 Å². The van der Waals surface area contributed by atoms with E-state index in [0.717, 1.165) is 19.8 Å². The van der Waals surface area contributed by atoms with Crippen molar-refractivity contribution in [3.05, 3.63) is 41.7 Å². The van der Waals surface area contributed by atoms with Crippen LogP contribution >= 0.6 is 0 Å². The van der Waals surface area contributed by atoms with E-state index in [1.54, 1.807) is 0 Å². The molecule has 0 saturated heterocycles. The van der Waals surface area contributed by atoms with Crippen molar-refractivity contribution in [1.82, 2.24) is 15.0 Å². The molecule has 0 radical (unpaired) electrons. The molecule has 1 aromatic carbocycles. The van der Waals surface area contributed by atoms with Gasteiger partial charge in [-0.2, -0.15) is 23.7 Å². The minimum atomic E-state index is -3.15. The van der Waals surface area contributed by atoms with Gasteiger partial charge in [0.15, 0.2) is 0 Å². The first kappa shape index (κ1) is 16.1. The van der Waals surface area contributed by atoms with Crippen molar-refractivity contribution < 1.29 is 8.78 Å². The van der Waals surface area contributed by atoms with Gasteiger partial charge in [0, 0.05) is 13.0 Å². The fourth-order valence-corrected chi connectivity index (χ4v) is 1.97. The van der Waals surface area contributed by atoms with Gasteiger partial charge in [0.2, 0.25) is 17.7 Å². The molecule has 0 aliphatic rings. The molecule has 0 saturated carbocycles. The lowest BCUT2D eigenvalue weighted by molar-refractivity contribution is 0.00777. The summed E-state index contributed by atoms with van der Waals surface area (Å²) in [7, 11) is 0. The third kappa shape index (κ3) is 4.61. The first-order valence-corrected chi connectivity index (χ1v) is 7.05. The second kappa shape index (κ2) is 6.64. The predicted molar refractivity (Wildman–Crippen MR) is 81.7 cm³/mol. The van der Waals surface area contributed by atoms with E-state index in [1.807, 2.05) is 37.3 Å². The van der Waals surface area contributed by atoms with Gasteiger partial charge in [0.1, 0.15) is 0 Å². The van der Waals surface area contributed by atoms with Crippen LogP contribution in [-0.4, -0.2) is 21.0 Å². The molecule has 1 aromatic heterocycles. The second-order valence-electron chi connectivity index (χ2n) is 5.30. The maximum atomic E-state index is 13.3. The third-order valence-electron chi connectivity index (χ3n) is 3.13. The van der Waals surface area contributed by atoms with Crippen molar-refractivity contribution in [2.45, 2.75) is 38.7 Å². The largest absolute Gasteiger partial charge is 0.368 e. The number of hydrogen-bond donors (Lipinski definition) is 2. The number of nitrogens with two attached hydrogens (primary N) is 1. The highest BCUT2D eigenvalue weighted by atomic mass is 19.3. The summed E-state index contributed by atoms with van der Waals surface area (Å²) in [4.78, 5) is 11.1. The highest BCUT2D eigenvalue weighted by Gasteiger charge is 2.29. The number of benzene rings is 1. The van der Waals surface area contributed by atoms with Gasteiger partial charge >= 0.3 is 5.92 Å². The monoisotopic (exact) mass is 307 g/mol. The molecule has 118 valence electrons. The van der Waals surface area contributed by atoms with Gasteiger partial charge in [-0.05, 0) is 25.3 Å². The van der Waals surface area contributed by atoms with E-state index >= 15 is 0 Å². The molecule has 1 unspecified atom stereocenters. The van der Waals surface area contributed by atoms with Gasteiger partial charge < -0.3 is 11.1 Å². The number of anilines is 2. The Hall–Kier alpha value is -2.31. The number of nitrogen functional groups attached to an aromatic ring is 1. The molecule has 1 atom stereocenters. The van der Waals surface area contributed by atoms with E-state index in [2.05, 4.69) is 20.3 Å². The Balaban J connectivity index is 1.99. The maximum Gasteiger partial charge on any atom is 0.304 e. The summed E-state index contributed by atoms with van der Waals surface area (Å²) in [6, 6.07) is 10.0. The van der Waals surface area contributed by atoms with Gasteiger partial charge in [-0.15, -0.1) is 0 Å². The number of aromatic nitrogens is 3. The highest BCUT2D eigenvalue weighted by molar-refractivity contribution is 5.32. The third-order valence-corrected chi connectivity index (χ3v) is 3.13. The smallest absolute Gasteiger partial charge is 0.304 e. The molecule has 0 spiro atoms. The molecular formula is C15H19F2N5. The van der Waals surface area contributed by atoms with Crippen molar-refractivity contribution >= 4 is 11.9 Å². The summed E-state index contributed by atoms with van der Waals surface area (Å²) in [5, 5.41) is 2.99. The van der Waals surface area contributed by atoms with Crippen LogP contribution < -0.4 is 11.1 Å². The number of hydrogen-bond acceptors (Lipinski definition) is 5. The van der Waals surface area contributed by atoms with Gasteiger partial charge in [0.05, 0.1) is 0 Å². The average molecular weight is 307 g/mol. The standard InChI is InChI=1S/C15H19F2N5/c1-10(8-9-11-6-4-3-5-7-11)19-14-21-12(15(2,16)17)20-13(18)22-14/h3-7,10H,8-9H2,1-2H3,(H3,18,19,20,21,22). The lowest BCUT2D eigenvalue weighted by Crippen LogP contribution is -2.22. The molecule has 1 heterocycles. The van der Waals surface area contributed by atoms with Crippen LogP contribution in [0.4, 0.5) is 20.7 Å². The molecule has 0 amide bonds. The molecule has 3 N–H and O–H groups in total. The van der Waals surface area contributed by atoms with Crippen LogP contribution in [-0.2, 0) is 12.3 Å². The molecular weight excluding hydrogens is 288 g/mol. The number of alkyl halides is 2. The van der Waals surface area contributed by atoms with E-state index in [4.69, 9.17) is 5.73 Å². The summed E-state index contributed by atoms with van der Waals surface area (Å²) in [5.41, 5.74) is 6.68. The number of aryl methyl sites for hydroxylation is 1. The first-order chi connectivity index (χ1) is 10.3. The van der Waals surface area contributed by atoms with Crippen LogP contribution in [0.5, 0.6) is 0 Å². The fraction of sp³-hybridized carbons (Fsp3) is 0.400. The molecule has 22 heavy (non-hydrogen) atoms. The summed E-state index contributed by atoms with van der Waals surface area (Å²) in [6.07, 6.45) is 1.68. The molecule has 0 aliphatic heterocycles. The SMILES string of the molecule is CC(CCc1ccccc1)Nc1nc(N)nc(C(C)(F)F)n1. The van der Waals surface area contributed by atoms with Crippen LogP contribution in [0.1, 0.15) is 31.7 Å². The molecule has 0 bridgehead atoms. The number of halogens is 2. The van der Waals surface area contributed by atoms with Gasteiger partial charge in [-0.3, -0.25) is 0 Å². The summed E-state index contributed by atoms with van der Waals surface area (Å²) in [6.45, 7) is 2.66. The molecule has 0 aliphatic carbocycles. The van der Waals surface area contributed by atoms with Crippen LogP contribution in [0.2, 0.25) is 0 Å². The topological polar surface area (TPSA) is 76.7 Å². The van der Waals surface area contributed by atoms with Gasteiger partial charge in [0.25, 0.3) is 0 Å². The molecule has 2 aromatic rings. The molecule has 7 heteroatoms. The maximum absolute atomic E-state index is 13.3. The Bertz CT molecular complexity index is 613. The van der Waals surface area contributed by atoms with Crippen molar-refractivity contribution in [1.29, 1.82) is 0 Å². The van der Waals surface area contributed by atoms with Crippen LogP contribution in [0.25, 0.3) is 0 Å².